The van der Waals surface area contributed by atoms with Crippen LogP contribution in [0.1, 0.15) is 19.8 Å². The van der Waals surface area contributed by atoms with Crippen LogP contribution in [0.2, 0.25) is 0 Å². The first-order valence-corrected chi connectivity index (χ1v) is 7.39. The van der Waals surface area contributed by atoms with Crippen LogP contribution in [0, 0.1) is 0 Å². The fraction of sp³-hybridized carbons (Fsp3) is 0.667. The average Bonchev–Trinajstić information content (AvgIpc) is 2.60. The van der Waals surface area contributed by atoms with Gasteiger partial charge in [-0.1, -0.05) is 6.92 Å². The molecular formula is C12H21BrN6. The molecule has 1 saturated heterocycles. The van der Waals surface area contributed by atoms with E-state index in [1.807, 2.05) is 0 Å². The van der Waals surface area contributed by atoms with Crippen LogP contribution in [0.5, 0.6) is 0 Å². The number of anilines is 2. The Kier molecular flexibility index (Phi) is 4.95. The molecule has 106 valence electrons. The molecule has 1 fully saturated rings. The minimum absolute atomic E-state index is 0.450. The van der Waals surface area contributed by atoms with Gasteiger partial charge in [-0.15, -0.1) is 0 Å². The first-order valence-electron chi connectivity index (χ1n) is 6.60. The van der Waals surface area contributed by atoms with E-state index in [0.717, 1.165) is 42.8 Å². The van der Waals surface area contributed by atoms with Crippen molar-refractivity contribution in [2.24, 2.45) is 5.84 Å². The predicted molar refractivity (Wildman–Crippen MR) is 81.1 cm³/mol. The summed E-state index contributed by atoms with van der Waals surface area (Å²) < 4.78 is 0.912. The fourth-order valence-electron chi connectivity index (χ4n) is 2.50. The van der Waals surface area contributed by atoms with Gasteiger partial charge in [0.2, 0.25) is 5.95 Å². The zero-order valence-electron chi connectivity index (χ0n) is 11.4. The van der Waals surface area contributed by atoms with Gasteiger partial charge in [-0.05, 0) is 42.4 Å². The Hall–Kier alpha value is -0.920. The molecule has 3 N–H and O–H groups in total. The Balaban J connectivity index is 2.31. The molecule has 0 bridgehead atoms. The number of likely N-dealkylation sites (N-methyl/N-ethyl adjacent to an activating group) is 1. The topological polar surface area (TPSA) is 70.3 Å². The van der Waals surface area contributed by atoms with E-state index in [1.54, 1.807) is 6.20 Å². The van der Waals surface area contributed by atoms with Crippen molar-refractivity contribution in [2.45, 2.75) is 25.8 Å². The number of nitrogens with zero attached hydrogens (tertiary/aromatic N) is 4. The molecule has 1 aliphatic heterocycles. The number of rotatable bonds is 3. The van der Waals surface area contributed by atoms with E-state index in [2.05, 4.69) is 55.1 Å². The highest BCUT2D eigenvalue weighted by molar-refractivity contribution is 9.10. The molecule has 0 spiro atoms. The van der Waals surface area contributed by atoms with Gasteiger partial charge >= 0.3 is 0 Å². The lowest BCUT2D eigenvalue weighted by Crippen LogP contribution is -2.40. The summed E-state index contributed by atoms with van der Waals surface area (Å²) >= 11 is 3.54. The molecule has 6 nitrogen and oxygen atoms in total. The molecule has 7 heteroatoms. The van der Waals surface area contributed by atoms with Crippen molar-refractivity contribution in [3.05, 3.63) is 10.7 Å². The molecule has 2 rings (SSSR count). The van der Waals surface area contributed by atoms with Gasteiger partial charge in [0.15, 0.2) is 0 Å². The third-order valence-electron chi connectivity index (χ3n) is 3.50. The van der Waals surface area contributed by atoms with Gasteiger partial charge in [-0.2, -0.15) is 4.98 Å². The molecule has 2 heterocycles. The van der Waals surface area contributed by atoms with Crippen LogP contribution in [-0.4, -0.2) is 47.6 Å². The van der Waals surface area contributed by atoms with E-state index in [-0.39, 0.29) is 0 Å². The van der Waals surface area contributed by atoms with Crippen LogP contribution in [0.3, 0.4) is 0 Å². The summed E-state index contributed by atoms with van der Waals surface area (Å²) in [6, 6.07) is 0.462. The Bertz CT molecular complexity index is 427. The Morgan fingerprint density at radius 2 is 2.32 bits per heavy atom. The third kappa shape index (κ3) is 3.34. The Morgan fingerprint density at radius 1 is 1.53 bits per heavy atom. The first kappa shape index (κ1) is 14.5. The van der Waals surface area contributed by atoms with E-state index in [1.165, 1.54) is 0 Å². The second kappa shape index (κ2) is 6.49. The maximum absolute atomic E-state index is 5.40. The number of nitrogen functional groups attached to an aromatic ring is 1. The molecule has 1 aromatic heterocycles. The van der Waals surface area contributed by atoms with Gasteiger partial charge in [0.1, 0.15) is 5.82 Å². The summed E-state index contributed by atoms with van der Waals surface area (Å²) in [5, 5.41) is 0. The first-order chi connectivity index (χ1) is 9.15. The van der Waals surface area contributed by atoms with E-state index in [0.29, 0.717) is 12.0 Å². The fourth-order valence-corrected chi connectivity index (χ4v) is 2.92. The highest BCUT2D eigenvalue weighted by Gasteiger charge is 2.25. The van der Waals surface area contributed by atoms with Gasteiger partial charge in [0.25, 0.3) is 0 Å². The minimum atomic E-state index is 0.450. The molecule has 1 aliphatic rings. The second-order valence-corrected chi connectivity index (χ2v) is 5.74. The monoisotopic (exact) mass is 328 g/mol. The number of nitrogens with one attached hydrogen (secondary N) is 1. The highest BCUT2D eigenvalue weighted by Crippen LogP contribution is 2.28. The van der Waals surface area contributed by atoms with Crippen LogP contribution in [0.15, 0.2) is 10.7 Å². The zero-order chi connectivity index (χ0) is 13.8. The van der Waals surface area contributed by atoms with E-state index < -0.39 is 0 Å². The minimum Gasteiger partial charge on any atom is -0.351 e. The van der Waals surface area contributed by atoms with E-state index >= 15 is 0 Å². The van der Waals surface area contributed by atoms with Crippen LogP contribution < -0.4 is 16.2 Å². The Morgan fingerprint density at radius 3 is 3.00 bits per heavy atom. The van der Waals surface area contributed by atoms with Gasteiger partial charge in [0, 0.05) is 25.3 Å². The summed E-state index contributed by atoms with van der Waals surface area (Å²) in [5.74, 6) is 6.77. The van der Waals surface area contributed by atoms with Crippen molar-refractivity contribution in [3.63, 3.8) is 0 Å². The summed E-state index contributed by atoms with van der Waals surface area (Å²) in [4.78, 5) is 13.3. The maximum Gasteiger partial charge on any atom is 0.239 e. The smallest absolute Gasteiger partial charge is 0.239 e. The van der Waals surface area contributed by atoms with Crippen molar-refractivity contribution in [1.82, 2.24) is 14.9 Å². The summed E-state index contributed by atoms with van der Waals surface area (Å²) in [5.41, 5.74) is 2.51. The van der Waals surface area contributed by atoms with Crippen molar-refractivity contribution >= 4 is 27.7 Å². The van der Waals surface area contributed by atoms with Crippen LogP contribution >= 0.6 is 15.9 Å². The molecule has 1 aromatic rings. The van der Waals surface area contributed by atoms with Gasteiger partial charge in [-0.3, -0.25) is 5.43 Å². The van der Waals surface area contributed by atoms with Crippen LogP contribution in [0.4, 0.5) is 11.8 Å². The number of nitrogens with two attached hydrogens (primary N) is 1. The molecule has 1 unspecified atom stereocenters. The number of hydrogen-bond acceptors (Lipinski definition) is 6. The Labute approximate surface area is 122 Å². The quantitative estimate of drug-likeness (QED) is 0.646. The van der Waals surface area contributed by atoms with Crippen LogP contribution in [-0.2, 0) is 0 Å². The summed E-state index contributed by atoms with van der Waals surface area (Å²) in [6.45, 7) is 5.40. The van der Waals surface area contributed by atoms with Crippen molar-refractivity contribution in [2.75, 3.05) is 37.0 Å². The number of aromatic nitrogens is 2. The maximum atomic E-state index is 5.40. The van der Waals surface area contributed by atoms with Gasteiger partial charge in [0.05, 0.1) is 4.47 Å². The average molecular weight is 329 g/mol. The predicted octanol–water partition coefficient (Wildman–Crippen LogP) is 1.45. The lowest BCUT2D eigenvalue weighted by molar-refractivity contribution is 0.327. The molecule has 0 amide bonds. The summed E-state index contributed by atoms with van der Waals surface area (Å²) in [6.07, 6.45) is 3.97. The van der Waals surface area contributed by atoms with Gasteiger partial charge in [-0.25, -0.2) is 10.8 Å². The molecule has 1 atom stereocenters. The zero-order valence-corrected chi connectivity index (χ0v) is 13.0. The lowest BCUT2D eigenvalue weighted by Gasteiger charge is -2.31. The molecular weight excluding hydrogens is 308 g/mol. The van der Waals surface area contributed by atoms with E-state index in [9.17, 15) is 0 Å². The molecule has 0 aromatic carbocycles. The SMILES string of the molecule is CCC1CN(C)CCCN1c1nc(NN)ncc1Br. The van der Waals surface area contributed by atoms with Gasteiger partial charge < -0.3 is 9.80 Å². The normalized spacial score (nSPS) is 21.3. The molecule has 0 aliphatic carbocycles. The number of hydrogen-bond donors (Lipinski definition) is 2. The molecule has 19 heavy (non-hydrogen) atoms. The third-order valence-corrected chi connectivity index (χ3v) is 4.06. The number of halogens is 1. The largest absolute Gasteiger partial charge is 0.351 e. The van der Waals surface area contributed by atoms with Crippen molar-refractivity contribution < 1.29 is 0 Å². The van der Waals surface area contributed by atoms with Crippen LogP contribution in [0.25, 0.3) is 0 Å². The molecule has 0 radical (unpaired) electrons. The van der Waals surface area contributed by atoms with Crippen molar-refractivity contribution in [3.8, 4) is 0 Å². The second-order valence-electron chi connectivity index (χ2n) is 4.88. The lowest BCUT2D eigenvalue weighted by atomic mass is 10.2. The molecule has 0 saturated carbocycles. The summed E-state index contributed by atoms with van der Waals surface area (Å²) in [7, 11) is 2.17. The number of hydrazine groups is 1. The standard InChI is InChI=1S/C12H21BrN6/c1-3-9-8-18(2)5-4-6-19(9)11-10(13)7-15-12(16-11)17-14/h7,9H,3-6,8,14H2,1-2H3,(H,15,16,17). The van der Waals surface area contributed by atoms with Crippen molar-refractivity contribution in [1.29, 1.82) is 0 Å². The van der Waals surface area contributed by atoms with E-state index in [4.69, 9.17) is 5.84 Å². The highest BCUT2D eigenvalue weighted by atomic mass is 79.9.